The molecule has 0 spiro atoms. The van der Waals surface area contributed by atoms with Crippen molar-refractivity contribution in [1.29, 1.82) is 0 Å². The van der Waals surface area contributed by atoms with Crippen LogP contribution in [0.1, 0.15) is 17.3 Å². The standard InChI is InChI=1S/C14H23N3O3/c1-14(19,9-17(2)3)8-16-13(18)11-7-10(15)5-6-12(11)20-4/h5-7,19H,8-9,15H2,1-4H3,(H,16,18). The minimum absolute atomic E-state index is 0.141. The first-order valence-corrected chi connectivity index (χ1v) is 6.34. The normalized spacial score (nSPS) is 13.9. The van der Waals surface area contributed by atoms with E-state index in [1.807, 2.05) is 19.0 Å². The second kappa shape index (κ2) is 6.58. The number of nitrogens with two attached hydrogens (primary N) is 1. The lowest BCUT2D eigenvalue weighted by Crippen LogP contribution is -2.47. The van der Waals surface area contributed by atoms with Crippen LogP contribution in [0.3, 0.4) is 0 Å². The number of likely N-dealkylation sites (N-methyl/N-ethyl adjacent to an activating group) is 1. The third kappa shape index (κ3) is 4.71. The number of benzene rings is 1. The Bertz CT molecular complexity index is 473. The van der Waals surface area contributed by atoms with Crippen LogP contribution in [-0.2, 0) is 0 Å². The Balaban J connectivity index is 2.74. The molecule has 0 bridgehead atoms. The predicted octanol–water partition coefficient (Wildman–Crippen LogP) is 0.320. The number of aliphatic hydroxyl groups is 1. The van der Waals surface area contributed by atoms with E-state index in [1.165, 1.54) is 7.11 Å². The van der Waals surface area contributed by atoms with Gasteiger partial charge in [-0.05, 0) is 39.2 Å². The Kier molecular flexibility index (Phi) is 5.35. The fraction of sp³-hybridized carbons (Fsp3) is 0.500. The van der Waals surface area contributed by atoms with Crippen LogP contribution in [0.25, 0.3) is 0 Å². The van der Waals surface area contributed by atoms with Gasteiger partial charge in [-0.2, -0.15) is 0 Å². The Morgan fingerprint density at radius 1 is 1.50 bits per heavy atom. The summed E-state index contributed by atoms with van der Waals surface area (Å²) in [5.41, 5.74) is 5.51. The maximum absolute atomic E-state index is 12.1. The quantitative estimate of drug-likeness (QED) is 0.654. The summed E-state index contributed by atoms with van der Waals surface area (Å²) in [5.74, 6) is 0.122. The molecule has 0 saturated heterocycles. The molecule has 1 aromatic rings. The molecule has 0 aliphatic rings. The highest BCUT2D eigenvalue weighted by Gasteiger charge is 2.23. The Morgan fingerprint density at radius 3 is 2.70 bits per heavy atom. The summed E-state index contributed by atoms with van der Waals surface area (Å²) in [6.07, 6.45) is 0. The number of methoxy groups -OCH3 is 1. The van der Waals surface area contributed by atoms with Gasteiger partial charge in [0.15, 0.2) is 0 Å². The smallest absolute Gasteiger partial charge is 0.255 e. The van der Waals surface area contributed by atoms with Crippen molar-refractivity contribution in [3.63, 3.8) is 0 Å². The molecule has 0 aliphatic carbocycles. The maximum atomic E-state index is 12.1. The lowest BCUT2D eigenvalue weighted by Gasteiger charge is -2.27. The number of nitrogens with zero attached hydrogens (tertiary/aromatic N) is 1. The number of carbonyl (C=O) groups excluding carboxylic acids is 1. The molecule has 6 heteroatoms. The van der Waals surface area contributed by atoms with E-state index in [-0.39, 0.29) is 12.5 Å². The summed E-state index contributed by atoms with van der Waals surface area (Å²) in [5, 5.41) is 12.8. The van der Waals surface area contributed by atoms with Gasteiger partial charge in [-0.3, -0.25) is 4.79 Å². The van der Waals surface area contributed by atoms with Gasteiger partial charge in [-0.15, -0.1) is 0 Å². The van der Waals surface area contributed by atoms with Crippen LogP contribution in [0, 0.1) is 0 Å². The van der Waals surface area contributed by atoms with Crippen molar-refractivity contribution in [3.05, 3.63) is 23.8 Å². The predicted molar refractivity (Wildman–Crippen MR) is 78.9 cm³/mol. The summed E-state index contributed by atoms with van der Waals surface area (Å²) in [4.78, 5) is 14.0. The van der Waals surface area contributed by atoms with Crippen molar-refractivity contribution in [2.45, 2.75) is 12.5 Å². The van der Waals surface area contributed by atoms with E-state index >= 15 is 0 Å². The van der Waals surface area contributed by atoms with Crippen LogP contribution in [0.5, 0.6) is 5.75 Å². The average molecular weight is 281 g/mol. The van der Waals surface area contributed by atoms with Gasteiger partial charge in [0.2, 0.25) is 0 Å². The van der Waals surface area contributed by atoms with E-state index in [0.29, 0.717) is 23.5 Å². The Labute approximate surface area is 119 Å². The molecule has 0 aromatic heterocycles. The van der Waals surface area contributed by atoms with Gasteiger partial charge in [0.25, 0.3) is 5.91 Å². The van der Waals surface area contributed by atoms with E-state index in [9.17, 15) is 9.90 Å². The highest BCUT2D eigenvalue weighted by Crippen LogP contribution is 2.21. The van der Waals surface area contributed by atoms with Gasteiger partial charge >= 0.3 is 0 Å². The van der Waals surface area contributed by atoms with E-state index < -0.39 is 5.60 Å². The number of nitrogens with one attached hydrogen (secondary N) is 1. The van der Waals surface area contributed by atoms with Crippen LogP contribution in [0.2, 0.25) is 0 Å². The van der Waals surface area contributed by atoms with E-state index in [0.717, 1.165) is 0 Å². The van der Waals surface area contributed by atoms with Crippen molar-refractivity contribution in [2.24, 2.45) is 0 Å². The van der Waals surface area contributed by atoms with Gasteiger partial charge in [0.05, 0.1) is 18.3 Å². The number of ether oxygens (including phenoxy) is 1. The molecule has 1 aromatic carbocycles. The lowest BCUT2D eigenvalue weighted by atomic mass is 10.1. The maximum Gasteiger partial charge on any atom is 0.255 e. The summed E-state index contributed by atoms with van der Waals surface area (Å²) in [6.45, 7) is 2.26. The number of amides is 1. The van der Waals surface area contributed by atoms with Crippen LogP contribution in [0.15, 0.2) is 18.2 Å². The zero-order chi connectivity index (χ0) is 15.3. The van der Waals surface area contributed by atoms with Gasteiger partial charge in [-0.1, -0.05) is 0 Å². The van der Waals surface area contributed by atoms with Crippen LogP contribution < -0.4 is 15.8 Å². The second-order valence-electron chi connectivity index (χ2n) is 5.38. The van der Waals surface area contributed by atoms with Gasteiger partial charge in [0.1, 0.15) is 5.75 Å². The largest absolute Gasteiger partial charge is 0.496 e. The molecule has 0 aliphatic heterocycles. The van der Waals surface area contributed by atoms with Crippen molar-refractivity contribution < 1.29 is 14.6 Å². The first-order chi connectivity index (χ1) is 9.25. The molecule has 1 unspecified atom stereocenters. The van der Waals surface area contributed by atoms with Crippen molar-refractivity contribution >= 4 is 11.6 Å². The number of anilines is 1. The molecule has 1 rings (SSSR count). The topological polar surface area (TPSA) is 87.8 Å². The first kappa shape index (κ1) is 16.3. The minimum Gasteiger partial charge on any atom is -0.496 e. The monoisotopic (exact) mass is 281 g/mol. The van der Waals surface area contributed by atoms with Crippen LogP contribution in [0.4, 0.5) is 5.69 Å². The van der Waals surface area contributed by atoms with Gasteiger partial charge in [-0.25, -0.2) is 0 Å². The number of hydrogen-bond donors (Lipinski definition) is 3. The van der Waals surface area contributed by atoms with Crippen molar-refractivity contribution in [2.75, 3.05) is 40.0 Å². The molecule has 6 nitrogen and oxygen atoms in total. The highest BCUT2D eigenvalue weighted by molar-refractivity contribution is 5.97. The second-order valence-corrected chi connectivity index (χ2v) is 5.38. The SMILES string of the molecule is COc1ccc(N)cc1C(=O)NCC(C)(O)CN(C)C. The zero-order valence-electron chi connectivity index (χ0n) is 12.4. The fourth-order valence-corrected chi connectivity index (χ4v) is 2.01. The van der Waals surface area contributed by atoms with Gasteiger partial charge < -0.3 is 25.8 Å². The zero-order valence-corrected chi connectivity index (χ0v) is 12.4. The van der Waals surface area contributed by atoms with E-state index in [2.05, 4.69) is 5.32 Å². The molecule has 112 valence electrons. The number of hydrogen-bond acceptors (Lipinski definition) is 5. The molecule has 20 heavy (non-hydrogen) atoms. The number of carbonyl (C=O) groups is 1. The highest BCUT2D eigenvalue weighted by atomic mass is 16.5. The molecular weight excluding hydrogens is 258 g/mol. The summed E-state index contributed by atoms with van der Waals surface area (Å²) >= 11 is 0. The fourth-order valence-electron chi connectivity index (χ4n) is 2.01. The third-order valence-corrected chi connectivity index (χ3v) is 2.75. The molecule has 4 N–H and O–H groups in total. The molecule has 0 radical (unpaired) electrons. The van der Waals surface area contributed by atoms with Gasteiger partial charge in [0, 0.05) is 18.8 Å². The van der Waals surface area contributed by atoms with Crippen molar-refractivity contribution in [1.82, 2.24) is 10.2 Å². The Morgan fingerprint density at radius 2 is 2.15 bits per heavy atom. The molecule has 0 fully saturated rings. The van der Waals surface area contributed by atoms with E-state index in [4.69, 9.17) is 10.5 Å². The number of nitrogen functional groups attached to an aromatic ring is 1. The molecule has 1 atom stereocenters. The van der Waals surface area contributed by atoms with Crippen molar-refractivity contribution in [3.8, 4) is 5.75 Å². The molecule has 1 amide bonds. The molecular formula is C14H23N3O3. The summed E-state index contributed by atoms with van der Waals surface area (Å²) < 4.78 is 5.13. The van der Waals surface area contributed by atoms with Crippen LogP contribution >= 0.6 is 0 Å². The van der Waals surface area contributed by atoms with Crippen LogP contribution in [-0.4, -0.2) is 55.8 Å². The Hall–Kier alpha value is -1.79. The average Bonchev–Trinajstić information content (AvgIpc) is 2.34. The molecule has 0 saturated carbocycles. The third-order valence-electron chi connectivity index (χ3n) is 2.75. The number of rotatable bonds is 6. The first-order valence-electron chi connectivity index (χ1n) is 6.34. The summed E-state index contributed by atoms with van der Waals surface area (Å²) in [7, 11) is 5.21. The van der Waals surface area contributed by atoms with E-state index in [1.54, 1.807) is 25.1 Å². The lowest BCUT2D eigenvalue weighted by molar-refractivity contribution is 0.0325. The summed E-state index contributed by atoms with van der Waals surface area (Å²) in [6, 6.07) is 4.86. The molecule has 0 heterocycles. The minimum atomic E-state index is -1.01.